The van der Waals surface area contributed by atoms with E-state index in [1.165, 1.54) is 48.5 Å². The Labute approximate surface area is 264 Å². The highest BCUT2D eigenvalue weighted by Gasteiger charge is 2.72. The number of nitro groups is 2. The van der Waals surface area contributed by atoms with Crippen LogP contribution >= 0.6 is 0 Å². The molecule has 0 heterocycles. The maximum absolute atomic E-state index is 14.2. The van der Waals surface area contributed by atoms with E-state index in [0.717, 1.165) is 0 Å². The van der Waals surface area contributed by atoms with Gasteiger partial charge >= 0.3 is 11.9 Å². The Balaban J connectivity index is 1.31. The number of allylic oxidation sites excluding steroid dienone is 1. The SMILES string of the molecule is C=C1C(=O)[C@]23CC[C@H]1CC2[C@]1(COC(=O)c2ccc([N+](=O)[O-])cc2)CCC[C@@](C)(COC(=O)c2ccc([N+](=O)[O-])cc2)C1CC3=O. The van der Waals surface area contributed by atoms with Gasteiger partial charge in [0.05, 0.1) is 39.6 Å². The first-order valence-corrected chi connectivity index (χ1v) is 15.4. The van der Waals surface area contributed by atoms with Crippen molar-refractivity contribution in [3.05, 3.63) is 92.0 Å². The van der Waals surface area contributed by atoms with Crippen molar-refractivity contribution in [3.63, 3.8) is 0 Å². The van der Waals surface area contributed by atoms with Crippen LogP contribution in [0.15, 0.2) is 60.7 Å². The fraction of sp³-hybridized carbons (Fsp3) is 0.471. The number of carbonyl (C=O) groups excluding carboxylic acids is 4. The van der Waals surface area contributed by atoms with Gasteiger partial charge in [-0.1, -0.05) is 19.9 Å². The number of esters is 2. The molecule has 5 aliphatic rings. The molecule has 0 amide bonds. The van der Waals surface area contributed by atoms with Gasteiger partial charge in [0.2, 0.25) is 0 Å². The number of ether oxygens (including phenoxy) is 2. The number of hydrogen-bond acceptors (Lipinski definition) is 10. The van der Waals surface area contributed by atoms with Crippen LogP contribution in [0.5, 0.6) is 0 Å². The molecular weight excluding hydrogens is 596 g/mol. The fourth-order valence-corrected chi connectivity index (χ4v) is 9.01. The monoisotopic (exact) mass is 630 g/mol. The fourth-order valence-electron chi connectivity index (χ4n) is 9.01. The number of nitro benzene ring substituents is 2. The minimum Gasteiger partial charge on any atom is -0.462 e. The molecule has 0 radical (unpaired) electrons. The summed E-state index contributed by atoms with van der Waals surface area (Å²) < 4.78 is 11.8. The van der Waals surface area contributed by atoms with Gasteiger partial charge in [-0.15, -0.1) is 0 Å². The van der Waals surface area contributed by atoms with Crippen LogP contribution in [-0.2, 0) is 19.1 Å². The van der Waals surface area contributed by atoms with Gasteiger partial charge < -0.3 is 9.47 Å². The number of non-ortho nitro benzene ring substituents is 2. The lowest BCUT2D eigenvalue weighted by Crippen LogP contribution is -2.69. The first-order valence-electron chi connectivity index (χ1n) is 15.4. The van der Waals surface area contributed by atoms with Crippen LogP contribution in [0.3, 0.4) is 0 Å². The third-order valence-corrected chi connectivity index (χ3v) is 11.3. The van der Waals surface area contributed by atoms with Gasteiger partial charge in [0.1, 0.15) is 5.78 Å². The lowest BCUT2D eigenvalue weighted by atomic mass is 9.36. The molecule has 2 aromatic carbocycles. The number of carbonyl (C=O) groups is 4. The second-order valence-electron chi connectivity index (χ2n) is 13.5. The van der Waals surface area contributed by atoms with Crippen molar-refractivity contribution in [3.8, 4) is 0 Å². The maximum Gasteiger partial charge on any atom is 0.338 e. The minimum atomic E-state index is -1.23. The van der Waals surface area contributed by atoms with Crippen molar-refractivity contribution >= 4 is 34.9 Å². The Morgan fingerprint density at radius 3 is 1.93 bits per heavy atom. The Morgan fingerprint density at radius 2 is 1.39 bits per heavy atom. The zero-order valence-electron chi connectivity index (χ0n) is 25.4. The number of nitrogens with zero attached hydrogens (tertiary/aromatic N) is 2. The summed E-state index contributed by atoms with van der Waals surface area (Å²) in [4.78, 5) is 75.3. The highest BCUT2D eigenvalue weighted by Crippen LogP contribution is 2.70. The van der Waals surface area contributed by atoms with E-state index in [-0.39, 0.29) is 65.5 Å². The van der Waals surface area contributed by atoms with Crippen LogP contribution in [0.1, 0.15) is 72.6 Å². The van der Waals surface area contributed by atoms with Crippen LogP contribution < -0.4 is 0 Å². The van der Waals surface area contributed by atoms with Gasteiger partial charge in [0.15, 0.2) is 5.78 Å². The summed E-state index contributed by atoms with van der Waals surface area (Å²) in [7, 11) is 0. The zero-order chi connectivity index (χ0) is 33.0. The maximum atomic E-state index is 14.2. The predicted octanol–water partition coefficient (Wildman–Crippen LogP) is 5.82. The molecule has 0 aromatic heterocycles. The molecule has 2 bridgehead atoms. The van der Waals surface area contributed by atoms with Crippen molar-refractivity contribution in [2.24, 2.45) is 34.0 Å². The molecule has 46 heavy (non-hydrogen) atoms. The van der Waals surface area contributed by atoms with Crippen LogP contribution in [0.25, 0.3) is 0 Å². The summed E-state index contributed by atoms with van der Waals surface area (Å²) in [5.41, 5.74) is -2.23. The average Bonchev–Trinajstić information content (AvgIpc) is 3.05. The van der Waals surface area contributed by atoms with Crippen LogP contribution in [-0.4, -0.2) is 46.6 Å². The molecule has 12 nitrogen and oxygen atoms in total. The molecule has 7 rings (SSSR count). The Morgan fingerprint density at radius 1 is 0.848 bits per heavy atom. The molecule has 6 atom stereocenters. The Hall–Kier alpha value is -4.74. The number of ketones is 2. The first kappa shape index (κ1) is 31.3. The minimum absolute atomic E-state index is 0.0391. The lowest BCUT2D eigenvalue weighted by molar-refractivity contribution is -0.385. The quantitative estimate of drug-likeness (QED) is 0.114. The largest absolute Gasteiger partial charge is 0.462 e. The standard InChI is InChI=1S/C34H34N2O10/c1-20-23-12-15-34(29(20)38)27(16-23)33(19-46-31(40)22-6-10-25(11-7-22)36(43)44)14-3-13-32(2,26(33)17-28(34)37)18-45-30(39)21-4-8-24(9-5-21)35(41)42/h4-11,23,26-27H,1,3,12-19H2,2H3/t23-,26?,27?,32-,33-,34+/m0/s1. The number of benzene rings is 2. The molecule has 0 N–H and O–H groups in total. The lowest BCUT2D eigenvalue weighted by Gasteiger charge is -2.66. The number of Topliss-reactive ketones (excluding diaryl/α,β-unsaturated/α-hetero) is 2. The van der Waals surface area contributed by atoms with Crippen molar-refractivity contribution in [1.82, 2.24) is 0 Å². The van der Waals surface area contributed by atoms with Crippen molar-refractivity contribution in [2.75, 3.05) is 13.2 Å². The highest BCUT2D eigenvalue weighted by atomic mass is 16.6. The van der Waals surface area contributed by atoms with Gasteiger partial charge in [-0.3, -0.25) is 29.8 Å². The van der Waals surface area contributed by atoms with E-state index in [9.17, 15) is 39.4 Å². The molecule has 0 aliphatic heterocycles. The van der Waals surface area contributed by atoms with Crippen LogP contribution in [0, 0.1) is 54.2 Å². The van der Waals surface area contributed by atoms with Gasteiger partial charge in [0.25, 0.3) is 11.4 Å². The van der Waals surface area contributed by atoms with E-state index in [1.54, 1.807) is 0 Å². The smallest absolute Gasteiger partial charge is 0.338 e. The molecule has 5 fully saturated rings. The molecule has 240 valence electrons. The van der Waals surface area contributed by atoms with Gasteiger partial charge in [-0.25, -0.2) is 9.59 Å². The summed E-state index contributed by atoms with van der Waals surface area (Å²) in [6.45, 7) is 5.90. The molecule has 1 spiro atoms. The summed E-state index contributed by atoms with van der Waals surface area (Å²) in [6, 6.07) is 10.2. The van der Waals surface area contributed by atoms with Crippen molar-refractivity contribution in [1.29, 1.82) is 0 Å². The van der Waals surface area contributed by atoms with Crippen molar-refractivity contribution < 1.29 is 38.5 Å². The van der Waals surface area contributed by atoms with E-state index in [2.05, 4.69) is 6.58 Å². The Kier molecular flexibility index (Phi) is 7.64. The molecule has 12 heteroatoms. The summed E-state index contributed by atoms with van der Waals surface area (Å²) in [5, 5.41) is 22.1. The first-order chi connectivity index (χ1) is 21.8. The van der Waals surface area contributed by atoms with E-state index in [0.29, 0.717) is 44.1 Å². The Bertz CT molecular complexity index is 1670. The normalized spacial score (nSPS) is 31.4. The molecule has 2 unspecified atom stereocenters. The summed E-state index contributed by atoms with van der Waals surface area (Å²) >= 11 is 0. The number of rotatable bonds is 8. The molecule has 0 saturated heterocycles. The van der Waals surface area contributed by atoms with Gasteiger partial charge in [-0.2, -0.15) is 0 Å². The number of hydrogen-bond donors (Lipinski definition) is 0. The molecule has 5 saturated carbocycles. The zero-order valence-corrected chi connectivity index (χ0v) is 25.4. The summed E-state index contributed by atoms with van der Waals surface area (Å²) in [6.07, 6.45) is 3.65. The van der Waals surface area contributed by atoms with E-state index in [1.807, 2.05) is 6.92 Å². The van der Waals surface area contributed by atoms with E-state index < -0.39 is 43.9 Å². The second kappa shape index (κ2) is 11.3. The number of fused-ring (bicyclic) bond motifs is 3. The average molecular weight is 631 g/mol. The second-order valence-corrected chi connectivity index (χ2v) is 13.5. The third kappa shape index (κ3) is 4.81. The van der Waals surface area contributed by atoms with Crippen molar-refractivity contribution in [2.45, 2.75) is 51.9 Å². The van der Waals surface area contributed by atoms with Gasteiger partial charge in [-0.05, 0) is 79.7 Å². The summed E-state index contributed by atoms with van der Waals surface area (Å²) in [5.74, 6) is -2.51. The van der Waals surface area contributed by atoms with E-state index >= 15 is 0 Å². The van der Waals surface area contributed by atoms with E-state index in [4.69, 9.17) is 9.47 Å². The van der Waals surface area contributed by atoms with Gasteiger partial charge in [0, 0.05) is 41.5 Å². The van der Waals surface area contributed by atoms with Crippen LogP contribution in [0.2, 0.25) is 0 Å². The van der Waals surface area contributed by atoms with Crippen LogP contribution in [0.4, 0.5) is 11.4 Å². The molecule has 2 aromatic rings. The predicted molar refractivity (Wildman–Crippen MR) is 162 cm³/mol. The molecule has 5 aliphatic carbocycles. The molecular formula is C34H34N2O10. The topological polar surface area (TPSA) is 173 Å². The highest BCUT2D eigenvalue weighted by molar-refractivity contribution is 6.16. The third-order valence-electron chi connectivity index (χ3n) is 11.3.